The Morgan fingerprint density at radius 3 is 2.73 bits per heavy atom. The largest absolute Gasteiger partial charge is 0.348 e. The van der Waals surface area contributed by atoms with E-state index in [9.17, 15) is 4.79 Å². The SMILES string of the molecule is CCn1nc(CC(C)C)cc1C(=O)N[C@@H](C)Cc1ccsc1. The van der Waals surface area contributed by atoms with Crippen LogP contribution in [0.15, 0.2) is 22.9 Å². The molecular formula is C17H25N3OS. The van der Waals surface area contributed by atoms with Crippen molar-refractivity contribution in [2.24, 2.45) is 5.92 Å². The number of rotatable bonds is 7. The number of nitrogens with zero attached hydrogens (tertiary/aromatic N) is 2. The van der Waals surface area contributed by atoms with Gasteiger partial charge in [-0.1, -0.05) is 13.8 Å². The molecule has 0 saturated heterocycles. The number of hydrogen-bond acceptors (Lipinski definition) is 3. The molecule has 2 rings (SSSR count). The van der Waals surface area contributed by atoms with Gasteiger partial charge in [0.2, 0.25) is 0 Å². The number of nitrogens with one attached hydrogen (secondary N) is 1. The number of thiophene rings is 1. The lowest BCUT2D eigenvalue weighted by atomic mass is 10.1. The van der Waals surface area contributed by atoms with Gasteiger partial charge in [0.1, 0.15) is 5.69 Å². The molecule has 4 nitrogen and oxygen atoms in total. The maximum absolute atomic E-state index is 12.5. The van der Waals surface area contributed by atoms with Crippen molar-refractivity contribution in [3.63, 3.8) is 0 Å². The van der Waals surface area contributed by atoms with E-state index in [-0.39, 0.29) is 11.9 Å². The zero-order chi connectivity index (χ0) is 16.1. The summed E-state index contributed by atoms with van der Waals surface area (Å²) >= 11 is 1.69. The Morgan fingerprint density at radius 2 is 2.14 bits per heavy atom. The topological polar surface area (TPSA) is 46.9 Å². The van der Waals surface area contributed by atoms with Crippen LogP contribution in [-0.2, 0) is 19.4 Å². The first kappa shape index (κ1) is 16.7. The molecule has 1 amide bonds. The quantitative estimate of drug-likeness (QED) is 0.848. The summed E-state index contributed by atoms with van der Waals surface area (Å²) in [5, 5.41) is 11.8. The Kier molecular flexibility index (Phi) is 5.77. The monoisotopic (exact) mass is 319 g/mol. The molecule has 120 valence electrons. The van der Waals surface area contributed by atoms with E-state index < -0.39 is 0 Å². The molecule has 1 N–H and O–H groups in total. The van der Waals surface area contributed by atoms with Gasteiger partial charge in [-0.15, -0.1) is 0 Å². The highest BCUT2D eigenvalue weighted by Gasteiger charge is 2.17. The molecule has 2 heterocycles. The third kappa shape index (κ3) is 4.44. The molecule has 0 unspecified atom stereocenters. The van der Waals surface area contributed by atoms with Gasteiger partial charge in [0.05, 0.1) is 5.69 Å². The summed E-state index contributed by atoms with van der Waals surface area (Å²) in [6.07, 6.45) is 1.76. The molecule has 0 aliphatic heterocycles. The Hall–Kier alpha value is -1.62. The van der Waals surface area contributed by atoms with Crippen LogP contribution in [0.4, 0.5) is 0 Å². The highest BCUT2D eigenvalue weighted by molar-refractivity contribution is 7.07. The van der Waals surface area contributed by atoms with Crippen LogP contribution in [-0.4, -0.2) is 21.7 Å². The van der Waals surface area contributed by atoms with E-state index >= 15 is 0 Å². The first-order valence-electron chi connectivity index (χ1n) is 7.88. The first-order valence-corrected chi connectivity index (χ1v) is 8.82. The summed E-state index contributed by atoms with van der Waals surface area (Å²) < 4.78 is 1.80. The van der Waals surface area contributed by atoms with E-state index in [0.29, 0.717) is 18.2 Å². The first-order chi connectivity index (χ1) is 10.5. The van der Waals surface area contributed by atoms with Gasteiger partial charge in [0, 0.05) is 12.6 Å². The van der Waals surface area contributed by atoms with Crippen molar-refractivity contribution >= 4 is 17.2 Å². The highest BCUT2D eigenvalue weighted by Crippen LogP contribution is 2.12. The second-order valence-corrected chi connectivity index (χ2v) is 6.92. The number of carbonyl (C=O) groups excluding carboxylic acids is 1. The average Bonchev–Trinajstić information content (AvgIpc) is 3.07. The Morgan fingerprint density at radius 1 is 1.36 bits per heavy atom. The van der Waals surface area contributed by atoms with Gasteiger partial charge in [-0.05, 0) is 61.1 Å². The van der Waals surface area contributed by atoms with Crippen LogP contribution in [0.5, 0.6) is 0 Å². The molecule has 0 bridgehead atoms. The summed E-state index contributed by atoms with van der Waals surface area (Å²) in [5.74, 6) is 0.501. The standard InChI is InChI=1S/C17H25N3OS/c1-5-20-16(10-15(19-20)8-12(2)3)17(21)18-13(4)9-14-6-7-22-11-14/h6-7,10-13H,5,8-9H2,1-4H3,(H,18,21)/t13-/m0/s1. The van der Waals surface area contributed by atoms with Gasteiger partial charge in [-0.2, -0.15) is 16.4 Å². The smallest absolute Gasteiger partial charge is 0.269 e. The lowest BCUT2D eigenvalue weighted by Gasteiger charge is -2.13. The minimum Gasteiger partial charge on any atom is -0.348 e. The Labute approximate surface area is 136 Å². The van der Waals surface area contributed by atoms with E-state index in [2.05, 4.69) is 41.1 Å². The second-order valence-electron chi connectivity index (χ2n) is 6.14. The molecular weight excluding hydrogens is 294 g/mol. The number of aryl methyl sites for hydroxylation is 1. The molecule has 0 aliphatic carbocycles. The van der Waals surface area contributed by atoms with Crippen LogP contribution < -0.4 is 5.32 Å². The second kappa shape index (κ2) is 7.58. The molecule has 0 aromatic carbocycles. The normalized spacial score (nSPS) is 12.6. The zero-order valence-electron chi connectivity index (χ0n) is 13.8. The molecule has 0 spiro atoms. The molecule has 22 heavy (non-hydrogen) atoms. The van der Waals surface area contributed by atoms with Crippen molar-refractivity contribution in [3.8, 4) is 0 Å². The maximum atomic E-state index is 12.5. The predicted octanol–water partition coefficient (Wildman–Crippen LogP) is 3.52. The zero-order valence-corrected chi connectivity index (χ0v) is 14.6. The van der Waals surface area contributed by atoms with Gasteiger partial charge >= 0.3 is 0 Å². The number of aromatic nitrogens is 2. The lowest BCUT2D eigenvalue weighted by molar-refractivity contribution is 0.0929. The van der Waals surface area contributed by atoms with Crippen LogP contribution in [0.1, 0.15) is 49.4 Å². The molecule has 2 aromatic rings. The van der Waals surface area contributed by atoms with Crippen LogP contribution in [0, 0.1) is 5.92 Å². The van der Waals surface area contributed by atoms with Crippen molar-refractivity contribution in [1.82, 2.24) is 15.1 Å². The van der Waals surface area contributed by atoms with Crippen molar-refractivity contribution in [1.29, 1.82) is 0 Å². The molecule has 1 atom stereocenters. The summed E-state index contributed by atoms with van der Waals surface area (Å²) in [5.41, 5.74) is 2.92. The summed E-state index contributed by atoms with van der Waals surface area (Å²) in [7, 11) is 0. The molecule has 0 fully saturated rings. The molecule has 0 aliphatic rings. The van der Waals surface area contributed by atoms with Gasteiger partial charge < -0.3 is 5.32 Å². The maximum Gasteiger partial charge on any atom is 0.269 e. The predicted molar refractivity (Wildman–Crippen MR) is 91.4 cm³/mol. The Balaban J connectivity index is 2.03. The van der Waals surface area contributed by atoms with Crippen molar-refractivity contribution in [2.45, 2.75) is 53.1 Å². The van der Waals surface area contributed by atoms with Crippen molar-refractivity contribution < 1.29 is 4.79 Å². The highest BCUT2D eigenvalue weighted by atomic mass is 32.1. The van der Waals surface area contributed by atoms with Crippen LogP contribution in [0.3, 0.4) is 0 Å². The van der Waals surface area contributed by atoms with E-state index in [0.717, 1.165) is 18.5 Å². The van der Waals surface area contributed by atoms with Crippen molar-refractivity contribution in [2.75, 3.05) is 0 Å². The van der Waals surface area contributed by atoms with Crippen LogP contribution in [0.2, 0.25) is 0 Å². The Bertz CT molecular complexity index is 601. The van der Waals surface area contributed by atoms with Crippen LogP contribution >= 0.6 is 11.3 Å². The summed E-state index contributed by atoms with van der Waals surface area (Å²) in [4.78, 5) is 12.5. The van der Waals surface area contributed by atoms with Gasteiger partial charge in [-0.25, -0.2) is 0 Å². The third-order valence-corrected chi connectivity index (χ3v) is 4.21. The van der Waals surface area contributed by atoms with Crippen molar-refractivity contribution in [3.05, 3.63) is 39.8 Å². The average molecular weight is 319 g/mol. The minimum atomic E-state index is -0.0351. The molecule has 5 heteroatoms. The van der Waals surface area contributed by atoms with Gasteiger partial charge in [0.25, 0.3) is 5.91 Å². The summed E-state index contributed by atoms with van der Waals surface area (Å²) in [6, 6.07) is 4.14. The fraction of sp³-hybridized carbons (Fsp3) is 0.529. The number of amides is 1. The summed E-state index contributed by atoms with van der Waals surface area (Å²) in [6.45, 7) is 9.08. The van der Waals surface area contributed by atoms with Gasteiger partial charge in [0.15, 0.2) is 0 Å². The third-order valence-electron chi connectivity index (χ3n) is 3.48. The molecule has 2 aromatic heterocycles. The fourth-order valence-corrected chi connectivity index (χ4v) is 3.20. The van der Waals surface area contributed by atoms with Gasteiger partial charge in [-0.3, -0.25) is 9.48 Å². The molecule has 0 saturated carbocycles. The van der Waals surface area contributed by atoms with E-state index in [1.165, 1.54) is 5.56 Å². The fourth-order valence-electron chi connectivity index (χ4n) is 2.52. The number of carbonyl (C=O) groups is 1. The van der Waals surface area contributed by atoms with E-state index in [1.807, 2.05) is 19.9 Å². The lowest BCUT2D eigenvalue weighted by Crippen LogP contribution is -2.35. The molecule has 0 radical (unpaired) electrons. The van der Waals surface area contributed by atoms with E-state index in [1.54, 1.807) is 16.0 Å². The van der Waals surface area contributed by atoms with E-state index in [4.69, 9.17) is 0 Å². The van der Waals surface area contributed by atoms with Crippen LogP contribution in [0.25, 0.3) is 0 Å². The number of hydrogen-bond donors (Lipinski definition) is 1. The minimum absolute atomic E-state index is 0.0351.